The summed E-state index contributed by atoms with van der Waals surface area (Å²) in [6.07, 6.45) is 0.880. The highest BCUT2D eigenvalue weighted by molar-refractivity contribution is 6.01. The predicted octanol–water partition coefficient (Wildman–Crippen LogP) is 2.78. The topological polar surface area (TPSA) is 50.7 Å². The lowest BCUT2D eigenvalue weighted by atomic mass is 10.2. The summed E-state index contributed by atoms with van der Waals surface area (Å²) >= 11 is 0. The molecule has 1 N–H and O–H groups in total. The largest absolute Gasteiger partial charge is 0.339 e. The summed E-state index contributed by atoms with van der Waals surface area (Å²) in [5.41, 5.74) is 3.53. The highest BCUT2D eigenvalue weighted by Crippen LogP contribution is 2.24. The maximum Gasteiger partial charge on any atom is 0.154 e. The van der Waals surface area contributed by atoms with Crippen LogP contribution in [0, 0.1) is 13.8 Å². The van der Waals surface area contributed by atoms with Crippen LogP contribution in [0.2, 0.25) is 0 Å². The molecule has 4 nitrogen and oxygen atoms in total. The molecule has 3 rings (SSSR count). The van der Waals surface area contributed by atoms with Crippen LogP contribution in [0.3, 0.4) is 0 Å². The van der Waals surface area contributed by atoms with Gasteiger partial charge in [0.1, 0.15) is 5.82 Å². The molecule has 0 atom stereocenters. The van der Waals surface area contributed by atoms with Gasteiger partial charge in [0, 0.05) is 16.6 Å². The normalized spacial score (nSPS) is 11.0. The van der Waals surface area contributed by atoms with Gasteiger partial charge in [0.2, 0.25) is 0 Å². The molecule has 2 heterocycles. The maximum absolute atomic E-state index is 11.3. The van der Waals surface area contributed by atoms with Crippen LogP contribution in [0.4, 0.5) is 0 Å². The fourth-order valence-electron chi connectivity index (χ4n) is 2.29. The third-order valence-electron chi connectivity index (χ3n) is 3.06. The minimum Gasteiger partial charge on any atom is -0.339 e. The Morgan fingerprint density at radius 1 is 1.28 bits per heavy atom. The molecule has 0 aliphatic rings. The van der Waals surface area contributed by atoms with Gasteiger partial charge in [-0.1, -0.05) is 18.2 Å². The number of aldehydes is 1. The van der Waals surface area contributed by atoms with Gasteiger partial charge < -0.3 is 4.98 Å². The third kappa shape index (κ3) is 1.46. The lowest BCUT2D eigenvalue weighted by Crippen LogP contribution is -2.02. The van der Waals surface area contributed by atoms with Crippen LogP contribution in [-0.2, 0) is 0 Å². The molecule has 0 spiro atoms. The van der Waals surface area contributed by atoms with Gasteiger partial charge in [-0.15, -0.1) is 0 Å². The number of aromatic amines is 1. The molecule has 0 fully saturated rings. The molecule has 0 aliphatic carbocycles. The van der Waals surface area contributed by atoms with Gasteiger partial charge in [-0.3, -0.25) is 4.79 Å². The number of para-hydroxylation sites is 1. The van der Waals surface area contributed by atoms with E-state index in [4.69, 9.17) is 0 Å². The first-order chi connectivity index (χ1) is 8.70. The Morgan fingerprint density at radius 3 is 2.72 bits per heavy atom. The Morgan fingerprint density at radius 2 is 2.06 bits per heavy atom. The lowest BCUT2D eigenvalue weighted by Gasteiger charge is -2.01. The smallest absolute Gasteiger partial charge is 0.154 e. The van der Waals surface area contributed by atoms with E-state index >= 15 is 0 Å². The summed E-state index contributed by atoms with van der Waals surface area (Å²) in [6, 6.07) is 9.74. The van der Waals surface area contributed by atoms with Crippen molar-refractivity contribution in [2.24, 2.45) is 0 Å². The summed E-state index contributed by atoms with van der Waals surface area (Å²) in [4.78, 5) is 14.6. The van der Waals surface area contributed by atoms with Crippen molar-refractivity contribution in [2.75, 3.05) is 0 Å². The number of fused-ring (bicyclic) bond motifs is 1. The Hall–Kier alpha value is -2.36. The fourth-order valence-corrected chi connectivity index (χ4v) is 2.29. The summed E-state index contributed by atoms with van der Waals surface area (Å²) in [5, 5.41) is 5.34. The quantitative estimate of drug-likeness (QED) is 0.699. The molecular formula is C14H13N3O. The van der Waals surface area contributed by atoms with Gasteiger partial charge in [0.15, 0.2) is 6.29 Å². The number of nitrogens with one attached hydrogen (secondary N) is 1. The SMILES string of the molecule is Cc1cc(C)n(-c2[nH]c3ccccc3c2C=O)n1. The van der Waals surface area contributed by atoms with Gasteiger partial charge >= 0.3 is 0 Å². The maximum atomic E-state index is 11.3. The zero-order valence-electron chi connectivity index (χ0n) is 10.3. The number of nitrogens with zero attached hydrogens (tertiary/aromatic N) is 2. The summed E-state index contributed by atoms with van der Waals surface area (Å²) in [5.74, 6) is 0.733. The molecule has 0 bridgehead atoms. The highest BCUT2D eigenvalue weighted by Gasteiger charge is 2.14. The first kappa shape index (κ1) is 10.8. The van der Waals surface area contributed by atoms with Crippen LogP contribution in [0.1, 0.15) is 21.7 Å². The van der Waals surface area contributed by atoms with Crippen LogP contribution in [0.15, 0.2) is 30.3 Å². The van der Waals surface area contributed by atoms with Crippen LogP contribution >= 0.6 is 0 Å². The van der Waals surface area contributed by atoms with Crippen LogP contribution in [-0.4, -0.2) is 21.1 Å². The van der Waals surface area contributed by atoms with E-state index < -0.39 is 0 Å². The number of hydrogen-bond donors (Lipinski definition) is 1. The fraction of sp³-hybridized carbons (Fsp3) is 0.143. The molecule has 0 radical (unpaired) electrons. The van der Waals surface area contributed by atoms with E-state index in [1.54, 1.807) is 4.68 Å². The molecule has 2 aromatic heterocycles. The van der Waals surface area contributed by atoms with Crippen molar-refractivity contribution < 1.29 is 4.79 Å². The number of carbonyl (C=O) groups excluding carboxylic acids is 1. The number of rotatable bonds is 2. The highest BCUT2D eigenvalue weighted by atomic mass is 16.1. The predicted molar refractivity (Wildman–Crippen MR) is 70.3 cm³/mol. The Bertz CT molecular complexity index is 737. The van der Waals surface area contributed by atoms with E-state index in [0.717, 1.165) is 34.4 Å². The molecule has 0 saturated heterocycles. The molecule has 0 unspecified atom stereocenters. The molecule has 90 valence electrons. The second-order valence-corrected chi connectivity index (χ2v) is 4.39. The first-order valence-corrected chi connectivity index (χ1v) is 5.80. The first-order valence-electron chi connectivity index (χ1n) is 5.80. The Balaban J connectivity index is 2.35. The van der Waals surface area contributed by atoms with E-state index in [1.165, 1.54) is 0 Å². The monoisotopic (exact) mass is 239 g/mol. The van der Waals surface area contributed by atoms with Crippen molar-refractivity contribution in [3.63, 3.8) is 0 Å². The number of benzene rings is 1. The summed E-state index contributed by atoms with van der Waals surface area (Å²) in [7, 11) is 0. The molecule has 18 heavy (non-hydrogen) atoms. The second-order valence-electron chi connectivity index (χ2n) is 4.39. The number of carbonyl (C=O) groups is 1. The minimum absolute atomic E-state index is 0.650. The second kappa shape index (κ2) is 3.84. The third-order valence-corrected chi connectivity index (χ3v) is 3.06. The Kier molecular flexibility index (Phi) is 2.30. The van der Waals surface area contributed by atoms with E-state index in [1.807, 2.05) is 44.2 Å². The average Bonchev–Trinajstić information content (AvgIpc) is 2.88. The Labute approximate surface area is 104 Å². The molecule has 0 saturated carbocycles. The van der Waals surface area contributed by atoms with Crippen molar-refractivity contribution in [3.8, 4) is 5.82 Å². The molecular weight excluding hydrogens is 226 g/mol. The van der Waals surface area contributed by atoms with Crippen molar-refractivity contribution in [3.05, 3.63) is 47.3 Å². The molecule has 0 aliphatic heterocycles. The van der Waals surface area contributed by atoms with Gasteiger partial charge in [-0.05, 0) is 26.0 Å². The minimum atomic E-state index is 0.650. The van der Waals surface area contributed by atoms with Crippen molar-refractivity contribution in [1.82, 2.24) is 14.8 Å². The summed E-state index contributed by atoms with van der Waals surface area (Å²) < 4.78 is 1.78. The van der Waals surface area contributed by atoms with E-state index in [2.05, 4.69) is 10.1 Å². The van der Waals surface area contributed by atoms with Crippen LogP contribution in [0.5, 0.6) is 0 Å². The van der Waals surface area contributed by atoms with E-state index in [0.29, 0.717) is 5.56 Å². The average molecular weight is 239 g/mol. The summed E-state index contributed by atoms with van der Waals surface area (Å²) in [6.45, 7) is 3.91. The van der Waals surface area contributed by atoms with Crippen molar-refractivity contribution >= 4 is 17.2 Å². The number of aryl methyl sites for hydroxylation is 2. The van der Waals surface area contributed by atoms with Crippen LogP contribution < -0.4 is 0 Å². The van der Waals surface area contributed by atoms with Gasteiger partial charge in [0.25, 0.3) is 0 Å². The van der Waals surface area contributed by atoms with Gasteiger partial charge in [-0.2, -0.15) is 5.10 Å². The van der Waals surface area contributed by atoms with Crippen molar-refractivity contribution in [1.29, 1.82) is 0 Å². The van der Waals surface area contributed by atoms with Crippen molar-refractivity contribution in [2.45, 2.75) is 13.8 Å². The van der Waals surface area contributed by atoms with E-state index in [9.17, 15) is 4.79 Å². The zero-order chi connectivity index (χ0) is 12.7. The molecule has 4 heteroatoms. The molecule has 0 amide bonds. The van der Waals surface area contributed by atoms with Gasteiger partial charge in [-0.25, -0.2) is 4.68 Å². The standard InChI is InChI=1S/C14H13N3O/c1-9-7-10(2)17(16-9)14-12(8-18)11-5-3-4-6-13(11)15-14/h3-8,15H,1-2H3. The number of hydrogen-bond acceptors (Lipinski definition) is 2. The molecule has 3 aromatic rings. The number of H-pyrrole nitrogens is 1. The number of aromatic nitrogens is 3. The zero-order valence-corrected chi connectivity index (χ0v) is 10.3. The molecule has 1 aromatic carbocycles. The van der Waals surface area contributed by atoms with Gasteiger partial charge in [0.05, 0.1) is 11.3 Å². The van der Waals surface area contributed by atoms with E-state index in [-0.39, 0.29) is 0 Å². The van der Waals surface area contributed by atoms with Crippen LogP contribution in [0.25, 0.3) is 16.7 Å². The lowest BCUT2D eigenvalue weighted by molar-refractivity contribution is 0.112.